The molecule has 2 rings (SSSR count). The van der Waals surface area contributed by atoms with Crippen molar-refractivity contribution in [1.82, 2.24) is 0 Å². The lowest BCUT2D eigenvalue weighted by molar-refractivity contribution is 0.104. The van der Waals surface area contributed by atoms with Crippen LogP contribution in [-0.4, -0.2) is 34.2 Å². The summed E-state index contributed by atoms with van der Waals surface area (Å²) < 4.78 is 21.0. The van der Waals surface area contributed by atoms with Crippen LogP contribution in [0.3, 0.4) is 0 Å². The van der Waals surface area contributed by atoms with Gasteiger partial charge in [0, 0.05) is 17.2 Å². The average molecular weight is 363 g/mol. The molecule has 2 aromatic rings. The van der Waals surface area contributed by atoms with Gasteiger partial charge in [0.15, 0.2) is 28.8 Å². The molecule has 0 aliphatic carbocycles. The zero-order valence-corrected chi connectivity index (χ0v) is 15.2. The maximum atomic E-state index is 12.5. The van der Waals surface area contributed by atoms with Crippen LogP contribution in [0, 0.1) is 0 Å². The van der Waals surface area contributed by atoms with Crippen molar-refractivity contribution in [3.05, 3.63) is 52.6 Å². The number of para-hydroxylation sites is 1. The zero-order valence-electron chi connectivity index (χ0n) is 14.5. The number of hydrogen-bond donors (Lipinski definition) is 0. The first kappa shape index (κ1) is 18.7. The Labute approximate surface area is 151 Å². The molecule has 0 unspecified atom stereocenters. The van der Waals surface area contributed by atoms with Crippen LogP contribution in [0.25, 0.3) is 6.08 Å². The Balaban J connectivity index is 2.36. The second kappa shape index (κ2) is 8.44. The van der Waals surface area contributed by atoms with E-state index in [1.807, 2.05) is 12.1 Å². The molecule has 2 aromatic carbocycles. The van der Waals surface area contributed by atoms with Crippen molar-refractivity contribution in [3.8, 4) is 23.0 Å². The van der Waals surface area contributed by atoms with Crippen LogP contribution < -0.4 is 18.9 Å². The highest BCUT2D eigenvalue weighted by Gasteiger charge is 2.14. The molecule has 0 fully saturated rings. The molecule has 0 saturated heterocycles. The van der Waals surface area contributed by atoms with Gasteiger partial charge in [0.25, 0.3) is 0 Å². The molecular formula is C19H19ClO5. The third-order valence-electron chi connectivity index (χ3n) is 3.59. The topological polar surface area (TPSA) is 54.0 Å². The van der Waals surface area contributed by atoms with Crippen molar-refractivity contribution in [1.29, 1.82) is 0 Å². The minimum Gasteiger partial charge on any atom is -0.493 e. The van der Waals surface area contributed by atoms with Crippen LogP contribution in [0.1, 0.15) is 15.9 Å². The number of methoxy groups -OCH3 is 4. The first-order valence-corrected chi connectivity index (χ1v) is 7.78. The highest BCUT2D eigenvalue weighted by molar-refractivity contribution is 6.35. The molecule has 0 bridgehead atoms. The van der Waals surface area contributed by atoms with Gasteiger partial charge >= 0.3 is 0 Å². The molecule has 132 valence electrons. The largest absolute Gasteiger partial charge is 0.493 e. The molecule has 0 N–H and O–H groups in total. The number of carbonyl (C=O) groups is 1. The van der Waals surface area contributed by atoms with Gasteiger partial charge in [-0.3, -0.25) is 4.79 Å². The molecule has 0 heterocycles. The molecule has 6 heteroatoms. The highest BCUT2D eigenvalue weighted by Crippen LogP contribution is 2.34. The lowest BCUT2D eigenvalue weighted by Gasteiger charge is -2.11. The van der Waals surface area contributed by atoms with Crippen LogP contribution in [0.2, 0.25) is 5.02 Å². The van der Waals surface area contributed by atoms with Gasteiger partial charge in [-0.05, 0) is 24.3 Å². The van der Waals surface area contributed by atoms with E-state index in [4.69, 9.17) is 30.5 Å². The van der Waals surface area contributed by atoms with Crippen molar-refractivity contribution in [2.45, 2.75) is 0 Å². The standard InChI is InChI=1S/C19H19ClO5/c1-22-16-7-5-6-12(19(16)25-4)8-9-15(21)13-10-17(23-2)18(24-3)11-14(13)20/h5-11H,1-4H3/b9-8+. The summed E-state index contributed by atoms with van der Waals surface area (Å²) in [6, 6.07) is 8.52. The Morgan fingerprint density at radius 2 is 1.56 bits per heavy atom. The molecule has 0 aliphatic heterocycles. The third-order valence-corrected chi connectivity index (χ3v) is 3.90. The molecule has 5 nitrogen and oxygen atoms in total. The van der Waals surface area contributed by atoms with E-state index in [1.165, 1.54) is 20.3 Å². The summed E-state index contributed by atoms with van der Waals surface area (Å²) >= 11 is 6.18. The van der Waals surface area contributed by atoms with Crippen LogP contribution in [0.4, 0.5) is 0 Å². The molecule has 0 saturated carbocycles. The molecule has 0 amide bonds. The lowest BCUT2D eigenvalue weighted by atomic mass is 10.1. The fourth-order valence-electron chi connectivity index (χ4n) is 2.34. The molecule has 0 spiro atoms. The van der Waals surface area contributed by atoms with E-state index < -0.39 is 0 Å². The molecule has 0 atom stereocenters. The summed E-state index contributed by atoms with van der Waals surface area (Å²) in [5, 5.41) is 0.282. The SMILES string of the molecule is COc1cc(Cl)c(C(=O)/C=C/c2cccc(OC)c2OC)cc1OC. The number of hydrogen-bond acceptors (Lipinski definition) is 5. The Hall–Kier alpha value is -2.66. The predicted octanol–water partition coefficient (Wildman–Crippen LogP) is 4.27. The second-order valence-electron chi connectivity index (χ2n) is 4.97. The van der Waals surface area contributed by atoms with Gasteiger partial charge in [-0.25, -0.2) is 0 Å². The fourth-order valence-corrected chi connectivity index (χ4v) is 2.59. The minimum atomic E-state index is -0.268. The van der Waals surface area contributed by atoms with Gasteiger partial charge in [-0.2, -0.15) is 0 Å². The molecular weight excluding hydrogens is 344 g/mol. The number of allylic oxidation sites excluding steroid dienone is 1. The Morgan fingerprint density at radius 3 is 2.16 bits per heavy atom. The summed E-state index contributed by atoms with van der Waals surface area (Å²) in [4.78, 5) is 12.5. The number of ether oxygens (including phenoxy) is 4. The molecule has 0 aliphatic rings. The number of rotatable bonds is 7. The quantitative estimate of drug-likeness (QED) is 0.544. The van der Waals surface area contributed by atoms with Gasteiger partial charge in [-0.15, -0.1) is 0 Å². The van der Waals surface area contributed by atoms with Gasteiger partial charge in [0.2, 0.25) is 0 Å². The Kier molecular flexibility index (Phi) is 6.31. The normalized spacial score (nSPS) is 10.6. The van der Waals surface area contributed by atoms with E-state index in [0.717, 1.165) is 0 Å². The summed E-state index contributed by atoms with van der Waals surface area (Å²) in [7, 11) is 6.10. The highest BCUT2D eigenvalue weighted by atomic mass is 35.5. The minimum absolute atomic E-state index is 0.268. The van der Waals surface area contributed by atoms with Gasteiger partial charge in [-0.1, -0.05) is 23.7 Å². The second-order valence-corrected chi connectivity index (χ2v) is 5.37. The first-order valence-electron chi connectivity index (χ1n) is 7.40. The van der Waals surface area contributed by atoms with E-state index in [1.54, 1.807) is 38.5 Å². The first-order chi connectivity index (χ1) is 12.0. The summed E-state index contributed by atoms with van der Waals surface area (Å²) in [6.45, 7) is 0. The van der Waals surface area contributed by atoms with E-state index in [2.05, 4.69) is 0 Å². The van der Waals surface area contributed by atoms with Crippen molar-refractivity contribution in [3.63, 3.8) is 0 Å². The van der Waals surface area contributed by atoms with Crippen LogP contribution in [0.15, 0.2) is 36.4 Å². The summed E-state index contributed by atoms with van der Waals surface area (Å²) in [6.07, 6.45) is 3.07. The predicted molar refractivity (Wildman–Crippen MR) is 97.5 cm³/mol. The summed E-state index contributed by atoms with van der Waals surface area (Å²) in [5.74, 6) is 1.76. The Morgan fingerprint density at radius 1 is 0.920 bits per heavy atom. The molecule has 0 radical (unpaired) electrons. The van der Waals surface area contributed by atoms with E-state index >= 15 is 0 Å². The third kappa shape index (κ3) is 4.06. The maximum absolute atomic E-state index is 12.5. The van der Waals surface area contributed by atoms with Gasteiger partial charge < -0.3 is 18.9 Å². The summed E-state index contributed by atoms with van der Waals surface area (Å²) in [5.41, 5.74) is 1.03. The molecule has 0 aromatic heterocycles. The van der Waals surface area contributed by atoms with Crippen LogP contribution in [0.5, 0.6) is 23.0 Å². The van der Waals surface area contributed by atoms with E-state index in [-0.39, 0.29) is 10.8 Å². The van der Waals surface area contributed by atoms with Crippen molar-refractivity contribution in [2.24, 2.45) is 0 Å². The number of ketones is 1. The zero-order chi connectivity index (χ0) is 18.4. The maximum Gasteiger partial charge on any atom is 0.187 e. The smallest absolute Gasteiger partial charge is 0.187 e. The van der Waals surface area contributed by atoms with E-state index in [9.17, 15) is 4.79 Å². The van der Waals surface area contributed by atoms with Crippen molar-refractivity contribution < 1.29 is 23.7 Å². The monoisotopic (exact) mass is 362 g/mol. The number of carbonyl (C=O) groups excluding carboxylic acids is 1. The van der Waals surface area contributed by atoms with Crippen molar-refractivity contribution in [2.75, 3.05) is 28.4 Å². The van der Waals surface area contributed by atoms with Crippen LogP contribution >= 0.6 is 11.6 Å². The van der Waals surface area contributed by atoms with E-state index in [0.29, 0.717) is 34.1 Å². The average Bonchev–Trinajstić information content (AvgIpc) is 2.65. The number of benzene rings is 2. The van der Waals surface area contributed by atoms with Crippen LogP contribution in [-0.2, 0) is 0 Å². The number of halogens is 1. The van der Waals surface area contributed by atoms with Gasteiger partial charge in [0.05, 0.1) is 33.5 Å². The van der Waals surface area contributed by atoms with Gasteiger partial charge in [0.1, 0.15) is 0 Å². The molecule has 25 heavy (non-hydrogen) atoms. The Bertz CT molecular complexity index is 799. The fraction of sp³-hybridized carbons (Fsp3) is 0.211. The van der Waals surface area contributed by atoms with Crippen molar-refractivity contribution >= 4 is 23.5 Å². The lowest BCUT2D eigenvalue weighted by Crippen LogP contribution is -1.99.